The first-order valence-corrected chi connectivity index (χ1v) is 11.7. The molecular weight excluding hydrogens is 338 g/mol. The third-order valence-corrected chi connectivity index (χ3v) is 9.60. The molecule has 1 aliphatic rings. The third kappa shape index (κ3) is 5.60. The predicted octanol–water partition coefficient (Wildman–Crippen LogP) is 3.43. The number of carbonyl (C=O) groups excluding carboxylic acids is 1. The number of nitrogens with one attached hydrogen (secondary N) is 1. The summed E-state index contributed by atoms with van der Waals surface area (Å²) >= 11 is 0. The van der Waals surface area contributed by atoms with Crippen molar-refractivity contribution in [2.75, 3.05) is 6.61 Å². The second-order valence-corrected chi connectivity index (χ2v) is 14.3. The first-order chi connectivity index (χ1) is 11.1. The fourth-order valence-corrected chi connectivity index (χ4v) is 3.64. The minimum absolute atomic E-state index is 0.00179. The number of amidine groups is 1. The Morgan fingerprint density at radius 1 is 1.28 bits per heavy atom. The molecule has 0 aromatic rings. The SMILES string of the molecule is CC(C)(C)OC(=O)NC1(/C(N)=N/O)CC(CO[Si](C)(C)C(C)(C)C)C1. The van der Waals surface area contributed by atoms with Crippen LogP contribution in [0.1, 0.15) is 54.4 Å². The molecule has 7 nitrogen and oxygen atoms in total. The number of hydrogen-bond acceptors (Lipinski definition) is 5. The number of rotatable bonds is 5. The number of ether oxygens (including phenoxy) is 1. The average Bonchev–Trinajstić information content (AvgIpc) is 2.36. The minimum atomic E-state index is -1.82. The molecule has 0 spiro atoms. The van der Waals surface area contributed by atoms with Crippen LogP contribution in [0.15, 0.2) is 5.16 Å². The van der Waals surface area contributed by atoms with Gasteiger partial charge >= 0.3 is 6.09 Å². The lowest BCUT2D eigenvalue weighted by Crippen LogP contribution is -2.66. The van der Waals surface area contributed by atoms with E-state index in [2.05, 4.69) is 44.3 Å². The van der Waals surface area contributed by atoms with Gasteiger partial charge in [-0.05, 0) is 57.7 Å². The molecule has 0 atom stereocenters. The summed E-state index contributed by atoms with van der Waals surface area (Å²) in [6, 6.07) is 0. The van der Waals surface area contributed by atoms with Gasteiger partial charge in [0.05, 0.1) is 0 Å². The van der Waals surface area contributed by atoms with Crippen LogP contribution in [0.5, 0.6) is 0 Å². The van der Waals surface area contributed by atoms with Gasteiger partial charge in [0, 0.05) is 6.61 Å². The maximum atomic E-state index is 12.1. The molecule has 25 heavy (non-hydrogen) atoms. The van der Waals surface area contributed by atoms with Gasteiger partial charge in [-0.15, -0.1) is 0 Å². The number of alkyl carbamates (subject to hydrolysis) is 1. The van der Waals surface area contributed by atoms with Crippen molar-refractivity contribution in [3.8, 4) is 0 Å². The van der Waals surface area contributed by atoms with E-state index in [-0.39, 0.29) is 16.8 Å². The molecular formula is C17H35N3O4Si. The van der Waals surface area contributed by atoms with Crippen LogP contribution in [0.3, 0.4) is 0 Å². The number of amides is 1. The molecule has 0 bridgehead atoms. The first kappa shape index (κ1) is 21.8. The van der Waals surface area contributed by atoms with Crippen LogP contribution >= 0.6 is 0 Å². The molecule has 0 heterocycles. The Balaban J connectivity index is 2.68. The summed E-state index contributed by atoms with van der Waals surface area (Å²) in [4.78, 5) is 12.1. The third-order valence-electron chi connectivity index (χ3n) is 5.10. The van der Waals surface area contributed by atoms with Crippen molar-refractivity contribution in [1.82, 2.24) is 5.32 Å². The molecule has 0 aromatic heterocycles. The predicted molar refractivity (Wildman–Crippen MR) is 101 cm³/mol. The summed E-state index contributed by atoms with van der Waals surface area (Å²) in [5.41, 5.74) is 4.37. The molecule has 1 amide bonds. The van der Waals surface area contributed by atoms with Gasteiger partial charge in [-0.25, -0.2) is 4.79 Å². The Morgan fingerprint density at radius 2 is 1.80 bits per heavy atom. The van der Waals surface area contributed by atoms with Crippen molar-refractivity contribution in [1.29, 1.82) is 0 Å². The van der Waals surface area contributed by atoms with Gasteiger partial charge in [0.25, 0.3) is 0 Å². The van der Waals surface area contributed by atoms with Crippen LogP contribution < -0.4 is 11.1 Å². The van der Waals surface area contributed by atoms with Gasteiger partial charge < -0.3 is 25.4 Å². The van der Waals surface area contributed by atoms with Gasteiger partial charge in [0.15, 0.2) is 14.2 Å². The summed E-state index contributed by atoms with van der Waals surface area (Å²) < 4.78 is 11.5. The fraction of sp³-hybridized carbons (Fsp3) is 0.882. The Kier molecular flexibility index (Phi) is 6.22. The highest BCUT2D eigenvalue weighted by molar-refractivity contribution is 6.74. The van der Waals surface area contributed by atoms with Crippen molar-refractivity contribution >= 4 is 20.2 Å². The van der Waals surface area contributed by atoms with E-state index in [0.717, 1.165) is 0 Å². The van der Waals surface area contributed by atoms with E-state index in [9.17, 15) is 4.79 Å². The number of carbonyl (C=O) groups is 1. The number of nitrogens with two attached hydrogens (primary N) is 1. The normalized spacial score (nSPS) is 25.3. The molecule has 1 saturated carbocycles. The van der Waals surface area contributed by atoms with E-state index in [1.54, 1.807) is 20.8 Å². The highest BCUT2D eigenvalue weighted by Crippen LogP contribution is 2.41. The van der Waals surface area contributed by atoms with E-state index < -0.39 is 25.6 Å². The van der Waals surface area contributed by atoms with Crippen LogP contribution in [-0.2, 0) is 9.16 Å². The summed E-state index contributed by atoms with van der Waals surface area (Å²) in [6.07, 6.45) is 0.566. The molecule has 0 radical (unpaired) electrons. The Morgan fingerprint density at radius 3 is 2.20 bits per heavy atom. The second-order valence-electron chi connectivity index (χ2n) is 9.54. The molecule has 1 fully saturated rings. The molecule has 146 valence electrons. The summed E-state index contributed by atoms with van der Waals surface area (Å²) in [7, 11) is -1.82. The monoisotopic (exact) mass is 373 g/mol. The minimum Gasteiger partial charge on any atom is -0.444 e. The van der Waals surface area contributed by atoms with E-state index in [0.29, 0.717) is 19.4 Å². The fourth-order valence-electron chi connectivity index (χ4n) is 2.56. The largest absolute Gasteiger partial charge is 0.444 e. The molecule has 1 aliphatic carbocycles. The van der Waals surface area contributed by atoms with E-state index in [1.807, 2.05) is 0 Å². The van der Waals surface area contributed by atoms with Gasteiger partial charge in [0.2, 0.25) is 0 Å². The van der Waals surface area contributed by atoms with Crippen LogP contribution in [0, 0.1) is 5.92 Å². The number of nitrogens with zero attached hydrogens (tertiary/aromatic N) is 1. The Hall–Kier alpha value is -1.28. The standard InChI is InChI=1S/C17H35N3O4Si/c1-15(2,3)24-14(21)19-17(13(18)20-22)9-12(10-17)11-23-25(7,8)16(4,5)6/h12,22H,9-11H2,1-8H3,(H2,18,20)(H,19,21). The zero-order valence-corrected chi connectivity index (χ0v) is 17.9. The van der Waals surface area contributed by atoms with Crippen molar-refractivity contribution in [3.63, 3.8) is 0 Å². The highest BCUT2D eigenvalue weighted by Gasteiger charge is 2.50. The van der Waals surface area contributed by atoms with Crippen molar-refractivity contribution in [2.24, 2.45) is 16.8 Å². The molecule has 0 aromatic carbocycles. The summed E-state index contributed by atoms with van der Waals surface area (Å²) in [5, 5.41) is 15.1. The Bertz CT molecular complexity index is 515. The van der Waals surface area contributed by atoms with Crippen LogP contribution in [-0.4, -0.2) is 43.2 Å². The summed E-state index contributed by atoms with van der Waals surface area (Å²) in [5.74, 6) is 0.256. The van der Waals surface area contributed by atoms with E-state index in [4.69, 9.17) is 20.1 Å². The van der Waals surface area contributed by atoms with Crippen molar-refractivity contribution < 1.29 is 19.2 Å². The molecule has 0 aliphatic heterocycles. The maximum absolute atomic E-state index is 12.1. The molecule has 1 rings (SSSR count). The number of hydrogen-bond donors (Lipinski definition) is 3. The zero-order chi connectivity index (χ0) is 19.7. The topological polar surface area (TPSA) is 106 Å². The van der Waals surface area contributed by atoms with Gasteiger partial charge in [-0.2, -0.15) is 0 Å². The van der Waals surface area contributed by atoms with Crippen LogP contribution in [0.2, 0.25) is 18.1 Å². The first-order valence-electron chi connectivity index (χ1n) is 8.75. The van der Waals surface area contributed by atoms with Gasteiger partial charge in [-0.1, -0.05) is 25.9 Å². The van der Waals surface area contributed by atoms with Gasteiger partial charge in [-0.3, -0.25) is 0 Å². The lowest BCUT2D eigenvalue weighted by Gasteiger charge is -2.48. The van der Waals surface area contributed by atoms with E-state index >= 15 is 0 Å². The van der Waals surface area contributed by atoms with Gasteiger partial charge in [0.1, 0.15) is 11.1 Å². The molecule has 0 unspecified atom stereocenters. The average molecular weight is 374 g/mol. The number of oxime groups is 1. The highest BCUT2D eigenvalue weighted by atomic mass is 28.4. The molecule has 0 saturated heterocycles. The quantitative estimate of drug-likeness (QED) is 0.225. The van der Waals surface area contributed by atoms with Crippen LogP contribution in [0.25, 0.3) is 0 Å². The van der Waals surface area contributed by atoms with Crippen LogP contribution in [0.4, 0.5) is 4.79 Å². The Labute approximate surface area is 152 Å². The second kappa shape index (κ2) is 7.15. The van der Waals surface area contributed by atoms with Crippen molar-refractivity contribution in [3.05, 3.63) is 0 Å². The van der Waals surface area contributed by atoms with E-state index in [1.165, 1.54) is 0 Å². The summed E-state index contributed by atoms with van der Waals surface area (Å²) in [6.45, 7) is 17.0. The zero-order valence-electron chi connectivity index (χ0n) is 16.9. The lowest BCUT2D eigenvalue weighted by molar-refractivity contribution is 0.0342. The lowest BCUT2D eigenvalue weighted by atomic mass is 9.68. The van der Waals surface area contributed by atoms with Crippen molar-refractivity contribution in [2.45, 2.75) is 83.7 Å². The molecule has 4 N–H and O–H groups in total. The smallest absolute Gasteiger partial charge is 0.408 e. The molecule has 8 heteroatoms. The maximum Gasteiger partial charge on any atom is 0.408 e.